The molecule has 0 aliphatic carbocycles. The van der Waals surface area contributed by atoms with Crippen molar-refractivity contribution in [2.45, 2.75) is 52.6 Å². The Bertz CT molecular complexity index is 1040. The summed E-state index contributed by atoms with van der Waals surface area (Å²) in [6, 6.07) is 13.1. The Balaban J connectivity index is 1.78. The number of aromatic nitrogens is 2. The van der Waals surface area contributed by atoms with E-state index >= 15 is 0 Å². The summed E-state index contributed by atoms with van der Waals surface area (Å²) < 4.78 is 13.2. The minimum atomic E-state index is -0.141. The summed E-state index contributed by atoms with van der Waals surface area (Å²) >= 11 is 0. The molecular weight excluding hydrogens is 390 g/mol. The van der Waals surface area contributed by atoms with Gasteiger partial charge in [0.1, 0.15) is 22.7 Å². The standard InChI is InChI=1S/C25H33N3O3/c1-5-7-16-26-17-15-20(6-2)31-21-13-11-19(12-14-21)28-18(3)27-22-9-8-10-23(30-4)24(22)25(28)29/h8-14,20,26H,5-7,15-17H2,1-4H3. The van der Waals surface area contributed by atoms with Gasteiger partial charge in [-0.25, -0.2) is 4.98 Å². The van der Waals surface area contributed by atoms with Crippen molar-refractivity contribution in [1.29, 1.82) is 0 Å². The minimum absolute atomic E-state index is 0.141. The summed E-state index contributed by atoms with van der Waals surface area (Å²) in [5.74, 6) is 1.97. The number of nitrogens with zero attached hydrogens (tertiary/aromatic N) is 2. The van der Waals surface area contributed by atoms with Crippen LogP contribution in [0.5, 0.6) is 11.5 Å². The van der Waals surface area contributed by atoms with E-state index in [9.17, 15) is 4.79 Å². The molecule has 0 spiro atoms. The lowest BCUT2D eigenvalue weighted by Gasteiger charge is -2.18. The third-order valence-electron chi connectivity index (χ3n) is 5.45. The Labute approximate surface area is 184 Å². The van der Waals surface area contributed by atoms with E-state index < -0.39 is 0 Å². The third-order valence-corrected chi connectivity index (χ3v) is 5.45. The first kappa shape index (κ1) is 22.8. The lowest BCUT2D eigenvalue weighted by Crippen LogP contribution is -2.25. The summed E-state index contributed by atoms with van der Waals surface area (Å²) in [4.78, 5) is 17.8. The summed E-state index contributed by atoms with van der Waals surface area (Å²) in [5.41, 5.74) is 1.25. The lowest BCUT2D eigenvalue weighted by molar-refractivity contribution is 0.186. The van der Waals surface area contributed by atoms with E-state index in [1.165, 1.54) is 12.8 Å². The van der Waals surface area contributed by atoms with E-state index in [4.69, 9.17) is 9.47 Å². The molecule has 0 fully saturated rings. The molecule has 2 aromatic carbocycles. The van der Waals surface area contributed by atoms with Crippen molar-refractivity contribution in [3.8, 4) is 17.2 Å². The summed E-state index contributed by atoms with van der Waals surface area (Å²) in [5, 5.41) is 3.95. The highest BCUT2D eigenvalue weighted by Crippen LogP contribution is 2.23. The number of nitrogens with one attached hydrogen (secondary N) is 1. The number of fused-ring (bicyclic) bond motifs is 1. The van der Waals surface area contributed by atoms with E-state index in [0.29, 0.717) is 22.5 Å². The van der Waals surface area contributed by atoms with Crippen molar-refractivity contribution < 1.29 is 9.47 Å². The summed E-state index contributed by atoms with van der Waals surface area (Å²) in [6.45, 7) is 8.19. The van der Waals surface area contributed by atoms with Gasteiger partial charge in [-0.15, -0.1) is 0 Å². The number of unbranched alkanes of at least 4 members (excludes halogenated alkanes) is 1. The zero-order valence-corrected chi connectivity index (χ0v) is 19.0. The second-order valence-corrected chi connectivity index (χ2v) is 7.69. The molecule has 1 atom stereocenters. The molecule has 0 radical (unpaired) electrons. The maximum Gasteiger partial charge on any atom is 0.269 e. The predicted molar refractivity (Wildman–Crippen MR) is 126 cm³/mol. The zero-order chi connectivity index (χ0) is 22.2. The Morgan fingerprint density at radius 1 is 1.10 bits per heavy atom. The normalized spacial score (nSPS) is 12.1. The van der Waals surface area contributed by atoms with Crippen LogP contribution in [0.1, 0.15) is 45.4 Å². The first-order valence-corrected chi connectivity index (χ1v) is 11.1. The lowest BCUT2D eigenvalue weighted by atomic mass is 10.2. The van der Waals surface area contributed by atoms with Gasteiger partial charge in [0, 0.05) is 0 Å². The van der Waals surface area contributed by atoms with Crippen molar-refractivity contribution in [2.24, 2.45) is 0 Å². The molecule has 0 saturated carbocycles. The Kier molecular flexibility index (Phi) is 8.06. The van der Waals surface area contributed by atoms with Crippen LogP contribution in [0.25, 0.3) is 16.6 Å². The van der Waals surface area contributed by atoms with Gasteiger partial charge in [-0.1, -0.05) is 26.3 Å². The van der Waals surface area contributed by atoms with Crippen LogP contribution in [0.4, 0.5) is 0 Å². The molecule has 6 heteroatoms. The number of hydrogen-bond acceptors (Lipinski definition) is 5. The molecule has 0 bridgehead atoms. The molecule has 1 unspecified atom stereocenters. The highest BCUT2D eigenvalue weighted by molar-refractivity contribution is 5.84. The molecule has 1 heterocycles. The van der Waals surface area contributed by atoms with E-state index in [-0.39, 0.29) is 11.7 Å². The fraction of sp³-hybridized carbons (Fsp3) is 0.440. The molecule has 166 valence electrons. The second kappa shape index (κ2) is 11.0. The fourth-order valence-corrected chi connectivity index (χ4v) is 3.69. The van der Waals surface area contributed by atoms with Gasteiger partial charge in [0.25, 0.3) is 5.56 Å². The van der Waals surface area contributed by atoms with Crippen LogP contribution >= 0.6 is 0 Å². The van der Waals surface area contributed by atoms with Gasteiger partial charge in [-0.2, -0.15) is 0 Å². The van der Waals surface area contributed by atoms with Crippen molar-refractivity contribution >= 4 is 10.9 Å². The number of hydrogen-bond donors (Lipinski definition) is 1. The maximum atomic E-state index is 13.2. The molecule has 3 rings (SSSR count). The van der Waals surface area contributed by atoms with Crippen LogP contribution in [0.15, 0.2) is 47.3 Å². The molecule has 31 heavy (non-hydrogen) atoms. The topological polar surface area (TPSA) is 65.4 Å². The second-order valence-electron chi connectivity index (χ2n) is 7.69. The smallest absolute Gasteiger partial charge is 0.269 e. The summed E-state index contributed by atoms with van der Waals surface area (Å²) in [6.07, 6.45) is 4.48. The van der Waals surface area contributed by atoms with Crippen LogP contribution in [-0.2, 0) is 0 Å². The van der Waals surface area contributed by atoms with Gasteiger partial charge in [-0.3, -0.25) is 9.36 Å². The average molecular weight is 424 g/mol. The molecule has 0 aliphatic rings. The van der Waals surface area contributed by atoms with E-state index in [0.717, 1.165) is 37.4 Å². The molecule has 6 nitrogen and oxygen atoms in total. The van der Waals surface area contributed by atoms with Crippen LogP contribution in [0, 0.1) is 6.92 Å². The monoisotopic (exact) mass is 423 g/mol. The van der Waals surface area contributed by atoms with Crippen molar-refractivity contribution in [2.75, 3.05) is 20.2 Å². The molecular formula is C25H33N3O3. The fourth-order valence-electron chi connectivity index (χ4n) is 3.69. The van der Waals surface area contributed by atoms with Crippen molar-refractivity contribution in [1.82, 2.24) is 14.9 Å². The molecule has 0 amide bonds. The Morgan fingerprint density at radius 3 is 2.55 bits per heavy atom. The molecule has 3 aromatic rings. The van der Waals surface area contributed by atoms with Crippen LogP contribution < -0.4 is 20.3 Å². The van der Waals surface area contributed by atoms with Gasteiger partial charge >= 0.3 is 0 Å². The average Bonchev–Trinajstić information content (AvgIpc) is 2.78. The first-order chi connectivity index (χ1) is 15.1. The molecule has 0 aliphatic heterocycles. The quantitative estimate of drug-likeness (QED) is 0.455. The molecule has 0 saturated heterocycles. The van der Waals surface area contributed by atoms with Crippen molar-refractivity contribution in [3.05, 3.63) is 58.6 Å². The number of methoxy groups -OCH3 is 1. The highest BCUT2D eigenvalue weighted by Gasteiger charge is 2.14. The largest absolute Gasteiger partial charge is 0.496 e. The minimum Gasteiger partial charge on any atom is -0.496 e. The number of rotatable bonds is 11. The Hall–Kier alpha value is -2.86. The molecule has 1 aromatic heterocycles. The number of aryl methyl sites for hydroxylation is 1. The predicted octanol–water partition coefficient (Wildman–Crippen LogP) is 4.64. The summed E-state index contributed by atoms with van der Waals surface area (Å²) in [7, 11) is 1.56. The van der Waals surface area contributed by atoms with Gasteiger partial charge in [0.05, 0.1) is 24.4 Å². The van der Waals surface area contributed by atoms with Crippen LogP contribution in [0.2, 0.25) is 0 Å². The highest BCUT2D eigenvalue weighted by atomic mass is 16.5. The van der Waals surface area contributed by atoms with Gasteiger partial charge in [-0.05, 0) is 75.7 Å². The van der Waals surface area contributed by atoms with Gasteiger partial charge in [0.15, 0.2) is 0 Å². The van der Waals surface area contributed by atoms with E-state index in [1.807, 2.05) is 43.3 Å². The van der Waals surface area contributed by atoms with Gasteiger partial charge in [0.2, 0.25) is 0 Å². The zero-order valence-electron chi connectivity index (χ0n) is 19.0. The number of ether oxygens (including phenoxy) is 2. The third kappa shape index (κ3) is 5.44. The molecule has 1 N–H and O–H groups in total. The maximum absolute atomic E-state index is 13.2. The Morgan fingerprint density at radius 2 is 1.87 bits per heavy atom. The van der Waals surface area contributed by atoms with Crippen molar-refractivity contribution in [3.63, 3.8) is 0 Å². The van der Waals surface area contributed by atoms with Crippen LogP contribution in [0.3, 0.4) is 0 Å². The first-order valence-electron chi connectivity index (χ1n) is 11.1. The SMILES string of the molecule is CCCCNCCC(CC)Oc1ccc(-n2c(C)nc3cccc(OC)c3c2=O)cc1. The van der Waals surface area contributed by atoms with E-state index in [1.54, 1.807) is 17.7 Å². The number of benzene rings is 2. The van der Waals surface area contributed by atoms with E-state index in [2.05, 4.69) is 24.1 Å². The van der Waals surface area contributed by atoms with Crippen LogP contribution in [-0.4, -0.2) is 35.9 Å². The van der Waals surface area contributed by atoms with Gasteiger partial charge < -0.3 is 14.8 Å².